The lowest BCUT2D eigenvalue weighted by Crippen LogP contribution is -2.21. The van der Waals surface area contributed by atoms with Gasteiger partial charge in [0.25, 0.3) is 0 Å². The maximum absolute atomic E-state index is 9.97. The van der Waals surface area contributed by atoms with Gasteiger partial charge >= 0.3 is 0 Å². The van der Waals surface area contributed by atoms with E-state index in [1.165, 1.54) is 4.88 Å². The SMILES string of the molecule is COc1cc(OC)c([C@H]2C(C#N)=C(N)Oc3n[nH]c(-c4cc(C)sc4C)c32)cc1OC. The summed E-state index contributed by atoms with van der Waals surface area (Å²) in [6.45, 7) is 4.10. The fraction of sp³-hybridized carbons (Fsp3) is 0.273. The molecule has 0 spiro atoms. The fourth-order valence-electron chi connectivity index (χ4n) is 3.92. The Balaban J connectivity index is 2.02. The number of hydrogen-bond acceptors (Lipinski definition) is 8. The predicted octanol–water partition coefficient (Wildman–Crippen LogP) is 4.00. The van der Waals surface area contributed by atoms with E-state index in [2.05, 4.69) is 22.3 Å². The lowest BCUT2D eigenvalue weighted by molar-refractivity contribution is 0.346. The van der Waals surface area contributed by atoms with Crippen molar-refractivity contribution >= 4 is 11.3 Å². The average Bonchev–Trinajstić information content (AvgIpc) is 3.33. The number of nitrogens with two attached hydrogens (primary N) is 1. The van der Waals surface area contributed by atoms with E-state index in [1.54, 1.807) is 44.8 Å². The molecule has 0 amide bonds. The summed E-state index contributed by atoms with van der Waals surface area (Å²) in [5, 5.41) is 17.4. The number of nitrogens with zero attached hydrogens (tertiary/aromatic N) is 2. The number of hydrogen-bond donors (Lipinski definition) is 2. The first-order valence-electron chi connectivity index (χ1n) is 9.46. The topological polar surface area (TPSA) is 115 Å². The van der Waals surface area contributed by atoms with Crippen LogP contribution < -0.4 is 24.7 Å². The molecule has 1 aromatic carbocycles. The van der Waals surface area contributed by atoms with Gasteiger partial charge in [-0.2, -0.15) is 5.26 Å². The lowest BCUT2D eigenvalue weighted by Gasteiger charge is -2.26. The van der Waals surface area contributed by atoms with E-state index in [4.69, 9.17) is 24.7 Å². The molecule has 0 unspecified atom stereocenters. The highest BCUT2D eigenvalue weighted by Crippen LogP contribution is 2.50. The fourth-order valence-corrected chi connectivity index (χ4v) is 4.85. The van der Waals surface area contributed by atoms with Crippen molar-refractivity contribution in [3.63, 3.8) is 0 Å². The molecule has 8 nitrogen and oxygen atoms in total. The second kappa shape index (κ2) is 7.89. The molecule has 3 heterocycles. The van der Waals surface area contributed by atoms with Crippen LogP contribution in [0, 0.1) is 25.2 Å². The first kappa shape index (κ1) is 20.6. The molecule has 160 valence electrons. The molecule has 0 bridgehead atoms. The van der Waals surface area contributed by atoms with Gasteiger partial charge in [0.2, 0.25) is 11.8 Å². The third kappa shape index (κ3) is 3.25. The molecule has 2 aromatic heterocycles. The quantitative estimate of drug-likeness (QED) is 0.618. The van der Waals surface area contributed by atoms with Crippen molar-refractivity contribution in [2.24, 2.45) is 5.73 Å². The molecule has 4 rings (SSSR count). The van der Waals surface area contributed by atoms with Gasteiger partial charge in [0.1, 0.15) is 17.4 Å². The maximum atomic E-state index is 9.97. The molecule has 0 aliphatic carbocycles. The third-order valence-corrected chi connectivity index (χ3v) is 6.26. The molecule has 0 fully saturated rings. The Kier molecular flexibility index (Phi) is 5.25. The number of methoxy groups -OCH3 is 3. The number of nitriles is 1. The standard InChI is InChI=1S/C22H22N4O4S/c1-10-6-12(11(2)31-10)20-19-18(14(9-23)21(24)30-22(19)26-25-20)13-7-16(28-4)17(29-5)8-15(13)27-3/h6-8,18H,24H2,1-5H3,(H,25,26)/t18-/m0/s1. The summed E-state index contributed by atoms with van der Waals surface area (Å²) < 4.78 is 22.3. The van der Waals surface area contributed by atoms with Crippen molar-refractivity contribution in [1.82, 2.24) is 10.2 Å². The normalized spacial score (nSPS) is 15.2. The summed E-state index contributed by atoms with van der Waals surface area (Å²) in [6, 6.07) is 7.83. The van der Waals surface area contributed by atoms with E-state index in [1.807, 2.05) is 13.8 Å². The first-order chi connectivity index (χ1) is 14.9. The number of thiophene rings is 1. The molecule has 3 aromatic rings. The Labute approximate surface area is 183 Å². The monoisotopic (exact) mass is 438 g/mol. The zero-order chi connectivity index (χ0) is 22.3. The molecule has 1 aliphatic rings. The number of aromatic nitrogens is 2. The molecule has 0 radical (unpaired) electrons. The van der Waals surface area contributed by atoms with Crippen LogP contribution in [0.3, 0.4) is 0 Å². The van der Waals surface area contributed by atoms with Crippen LogP contribution in [0.15, 0.2) is 29.7 Å². The number of allylic oxidation sites excluding steroid dienone is 1. The summed E-state index contributed by atoms with van der Waals surface area (Å²) in [6.07, 6.45) is 0. The Morgan fingerprint density at radius 1 is 1.10 bits per heavy atom. The molecule has 0 saturated carbocycles. The highest BCUT2D eigenvalue weighted by atomic mass is 32.1. The smallest absolute Gasteiger partial charge is 0.244 e. The van der Waals surface area contributed by atoms with E-state index < -0.39 is 5.92 Å². The number of nitrogens with one attached hydrogen (secondary N) is 1. The minimum absolute atomic E-state index is 0.00751. The Bertz CT molecular complexity index is 1240. The number of benzene rings is 1. The van der Waals surface area contributed by atoms with E-state index in [9.17, 15) is 5.26 Å². The molecule has 9 heteroatoms. The van der Waals surface area contributed by atoms with Gasteiger partial charge in [0.05, 0.1) is 38.5 Å². The summed E-state index contributed by atoms with van der Waals surface area (Å²) >= 11 is 1.69. The second-order valence-corrected chi connectivity index (χ2v) is 8.48. The summed E-state index contributed by atoms with van der Waals surface area (Å²) in [5.74, 6) is 1.32. The molecule has 0 saturated heterocycles. The van der Waals surface area contributed by atoms with Gasteiger partial charge in [0, 0.05) is 26.9 Å². The van der Waals surface area contributed by atoms with E-state index in [-0.39, 0.29) is 11.5 Å². The Morgan fingerprint density at radius 2 is 1.77 bits per heavy atom. The third-order valence-electron chi connectivity index (χ3n) is 5.30. The maximum Gasteiger partial charge on any atom is 0.244 e. The van der Waals surface area contributed by atoms with Crippen molar-refractivity contribution in [3.05, 3.63) is 50.5 Å². The van der Waals surface area contributed by atoms with E-state index in [0.29, 0.717) is 28.7 Å². The number of rotatable bonds is 5. The number of fused-ring (bicyclic) bond motifs is 1. The lowest BCUT2D eigenvalue weighted by atomic mass is 9.82. The summed E-state index contributed by atoms with van der Waals surface area (Å²) in [7, 11) is 4.67. The molecular formula is C22H22N4O4S. The molecule has 31 heavy (non-hydrogen) atoms. The number of H-pyrrole nitrogens is 1. The van der Waals surface area contributed by atoms with Crippen LogP contribution in [0.4, 0.5) is 0 Å². The number of aromatic amines is 1. The van der Waals surface area contributed by atoms with Gasteiger partial charge in [-0.3, -0.25) is 5.10 Å². The molecule has 1 atom stereocenters. The van der Waals surface area contributed by atoms with Crippen LogP contribution in [0.5, 0.6) is 23.1 Å². The zero-order valence-corrected chi connectivity index (χ0v) is 18.6. The van der Waals surface area contributed by atoms with Gasteiger partial charge in [-0.05, 0) is 26.0 Å². The van der Waals surface area contributed by atoms with Crippen LogP contribution in [-0.2, 0) is 0 Å². The number of aryl methyl sites for hydroxylation is 2. The highest BCUT2D eigenvalue weighted by molar-refractivity contribution is 7.12. The Hall–Kier alpha value is -3.64. The summed E-state index contributed by atoms with van der Waals surface area (Å²) in [4.78, 5) is 2.30. The van der Waals surface area contributed by atoms with Crippen LogP contribution in [-0.4, -0.2) is 31.5 Å². The minimum Gasteiger partial charge on any atom is -0.496 e. The largest absolute Gasteiger partial charge is 0.496 e. The van der Waals surface area contributed by atoms with Crippen molar-refractivity contribution in [2.75, 3.05) is 21.3 Å². The minimum atomic E-state index is -0.572. The van der Waals surface area contributed by atoms with Crippen LogP contribution >= 0.6 is 11.3 Å². The van der Waals surface area contributed by atoms with E-state index >= 15 is 0 Å². The van der Waals surface area contributed by atoms with Gasteiger partial charge in [0.15, 0.2) is 11.5 Å². The van der Waals surface area contributed by atoms with Crippen molar-refractivity contribution < 1.29 is 18.9 Å². The second-order valence-electron chi connectivity index (χ2n) is 7.02. The molecule has 1 aliphatic heterocycles. The predicted molar refractivity (Wildman–Crippen MR) is 117 cm³/mol. The average molecular weight is 439 g/mol. The van der Waals surface area contributed by atoms with Crippen LogP contribution in [0.1, 0.15) is 26.8 Å². The van der Waals surface area contributed by atoms with Crippen molar-refractivity contribution in [3.8, 4) is 40.5 Å². The Morgan fingerprint density at radius 3 is 2.35 bits per heavy atom. The zero-order valence-electron chi connectivity index (χ0n) is 17.8. The highest BCUT2D eigenvalue weighted by Gasteiger charge is 2.38. The van der Waals surface area contributed by atoms with E-state index in [0.717, 1.165) is 21.7 Å². The molecular weight excluding hydrogens is 416 g/mol. The van der Waals surface area contributed by atoms with Gasteiger partial charge in [-0.25, -0.2) is 0 Å². The molecule has 3 N–H and O–H groups in total. The van der Waals surface area contributed by atoms with Crippen LogP contribution in [0.2, 0.25) is 0 Å². The summed E-state index contributed by atoms with van der Waals surface area (Å²) in [5.41, 5.74) is 9.58. The van der Waals surface area contributed by atoms with Gasteiger partial charge in [-0.15, -0.1) is 16.4 Å². The van der Waals surface area contributed by atoms with Crippen molar-refractivity contribution in [1.29, 1.82) is 5.26 Å². The first-order valence-corrected chi connectivity index (χ1v) is 10.3. The van der Waals surface area contributed by atoms with Gasteiger partial charge in [-0.1, -0.05) is 0 Å². The van der Waals surface area contributed by atoms with Crippen LogP contribution in [0.25, 0.3) is 11.3 Å². The number of ether oxygens (including phenoxy) is 4. The van der Waals surface area contributed by atoms with Crippen molar-refractivity contribution in [2.45, 2.75) is 19.8 Å². The van der Waals surface area contributed by atoms with Gasteiger partial charge < -0.3 is 24.7 Å².